The predicted octanol–water partition coefficient (Wildman–Crippen LogP) is 4.19. The molecule has 0 aromatic heterocycles. The third-order valence-corrected chi connectivity index (χ3v) is 5.66. The van der Waals surface area contributed by atoms with Gasteiger partial charge in [0, 0.05) is 23.1 Å². The van der Waals surface area contributed by atoms with E-state index in [-0.39, 0.29) is 12.5 Å². The van der Waals surface area contributed by atoms with Crippen molar-refractivity contribution < 1.29 is 14.3 Å². The Balaban J connectivity index is 1.50. The number of likely N-dealkylation sites (tertiary alicyclic amines) is 1. The number of rotatable bonds is 4. The highest BCUT2D eigenvalue weighted by atomic mass is 79.9. The minimum atomic E-state index is -0.481. The molecule has 1 saturated heterocycles. The summed E-state index contributed by atoms with van der Waals surface area (Å²) in [5, 5.41) is 0. The monoisotopic (exact) mass is 405 g/mol. The summed E-state index contributed by atoms with van der Waals surface area (Å²) in [5.41, 5.74) is 0.902. The molecule has 4 nitrogen and oxygen atoms in total. The third-order valence-electron chi connectivity index (χ3n) is 5.16. The van der Waals surface area contributed by atoms with Crippen molar-refractivity contribution in [2.24, 2.45) is 5.92 Å². The lowest BCUT2D eigenvalue weighted by atomic mass is 9.78. The zero-order chi connectivity index (χ0) is 17.6. The number of carbonyl (C=O) groups is 2. The van der Waals surface area contributed by atoms with Crippen molar-refractivity contribution in [3.05, 3.63) is 40.4 Å². The van der Waals surface area contributed by atoms with E-state index in [1.54, 1.807) is 6.08 Å². The first-order chi connectivity index (χ1) is 12.1. The summed E-state index contributed by atoms with van der Waals surface area (Å²) in [5.74, 6) is 0.102. The van der Waals surface area contributed by atoms with E-state index in [1.165, 1.54) is 31.8 Å². The number of ether oxygens (including phenoxy) is 1. The van der Waals surface area contributed by atoms with Crippen molar-refractivity contribution in [2.75, 3.05) is 13.2 Å². The van der Waals surface area contributed by atoms with Crippen LogP contribution in [0.1, 0.15) is 44.1 Å². The van der Waals surface area contributed by atoms with Crippen LogP contribution in [0.3, 0.4) is 0 Å². The van der Waals surface area contributed by atoms with E-state index in [2.05, 4.69) is 15.9 Å². The fraction of sp³-hybridized carbons (Fsp3) is 0.500. The number of halogens is 1. The molecule has 0 N–H and O–H groups in total. The maximum Gasteiger partial charge on any atom is 0.331 e. The van der Waals surface area contributed by atoms with Crippen LogP contribution in [0, 0.1) is 5.92 Å². The number of hydrogen-bond donors (Lipinski definition) is 0. The van der Waals surface area contributed by atoms with E-state index in [0.717, 1.165) is 29.4 Å². The molecule has 1 heterocycles. The Hall–Kier alpha value is -1.62. The van der Waals surface area contributed by atoms with Crippen LogP contribution < -0.4 is 0 Å². The molecule has 1 aromatic carbocycles. The Morgan fingerprint density at radius 2 is 2.00 bits per heavy atom. The number of piperidine rings is 1. The largest absolute Gasteiger partial charge is 0.452 e. The van der Waals surface area contributed by atoms with E-state index in [4.69, 9.17) is 4.74 Å². The lowest BCUT2D eigenvalue weighted by molar-refractivity contribution is -0.151. The first-order valence-corrected chi connectivity index (χ1v) is 9.82. The van der Waals surface area contributed by atoms with Gasteiger partial charge in [-0.25, -0.2) is 4.79 Å². The maximum absolute atomic E-state index is 12.5. The summed E-state index contributed by atoms with van der Waals surface area (Å²) in [6.45, 7) is 0.635. The fourth-order valence-electron chi connectivity index (χ4n) is 3.97. The zero-order valence-corrected chi connectivity index (χ0v) is 15.9. The van der Waals surface area contributed by atoms with Crippen molar-refractivity contribution in [1.82, 2.24) is 4.90 Å². The van der Waals surface area contributed by atoms with E-state index in [1.807, 2.05) is 29.2 Å². The van der Waals surface area contributed by atoms with Gasteiger partial charge in [-0.3, -0.25) is 4.79 Å². The molecule has 2 atom stereocenters. The smallest absolute Gasteiger partial charge is 0.331 e. The van der Waals surface area contributed by atoms with Crippen LogP contribution in [0.25, 0.3) is 6.08 Å². The minimum absolute atomic E-state index is 0.0548. The standard InChI is InChI=1S/C20H24BrNO3/c21-17-8-3-5-15(13-17)10-11-20(24)25-14-19(23)22-12-4-7-16-6-1-2-9-18(16)22/h3,5,8,10-11,13,16,18H,1-2,4,6-7,9,12,14H2/b11-10+/t16-,18+/m0/s1. The molecule has 25 heavy (non-hydrogen) atoms. The van der Waals surface area contributed by atoms with Gasteiger partial charge in [0.1, 0.15) is 0 Å². The molecule has 2 fully saturated rings. The average Bonchev–Trinajstić information content (AvgIpc) is 2.64. The summed E-state index contributed by atoms with van der Waals surface area (Å²) in [6.07, 6.45) is 10.1. The van der Waals surface area contributed by atoms with E-state index in [0.29, 0.717) is 12.0 Å². The Morgan fingerprint density at radius 3 is 2.84 bits per heavy atom. The summed E-state index contributed by atoms with van der Waals surface area (Å²) in [7, 11) is 0. The quantitative estimate of drug-likeness (QED) is 0.557. The molecule has 1 aromatic rings. The first kappa shape index (κ1) is 18.2. The van der Waals surface area contributed by atoms with Crippen LogP contribution in [0.5, 0.6) is 0 Å². The molecule has 1 saturated carbocycles. The fourth-order valence-corrected chi connectivity index (χ4v) is 4.39. The maximum atomic E-state index is 12.5. The van der Waals surface area contributed by atoms with Crippen molar-refractivity contribution in [3.8, 4) is 0 Å². The molecule has 134 valence electrons. The Morgan fingerprint density at radius 1 is 1.20 bits per heavy atom. The van der Waals surface area contributed by atoms with Crippen LogP contribution in [0.15, 0.2) is 34.8 Å². The summed E-state index contributed by atoms with van der Waals surface area (Å²) in [4.78, 5) is 26.3. The van der Waals surface area contributed by atoms with Gasteiger partial charge in [-0.05, 0) is 55.4 Å². The Bertz CT molecular complexity index is 656. The van der Waals surface area contributed by atoms with Crippen molar-refractivity contribution >= 4 is 33.9 Å². The van der Waals surface area contributed by atoms with Gasteiger partial charge in [-0.15, -0.1) is 0 Å². The van der Waals surface area contributed by atoms with Gasteiger partial charge >= 0.3 is 5.97 Å². The summed E-state index contributed by atoms with van der Waals surface area (Å²) in [6, 6.07) is 7.98. The Kier molecular flexibility index (Phi) is 6.29. The second-order valence-electron chi connectivity index (χ2n) is 6.84. The number of fused-ring (bicyclic) bond motifs is 1. The lowest BCUT2D eigenvalue weighted by Crippen LogP contribution is -2.50. The van der Waals surface area contributed by atoms with Crippen LogP contribution in [-0.4, -0.2) is 36.0 Å². The van der Waals surface area contributed by atoms with Gasteiger partial charge in [0.25, 0.3) is 5.91 Å². The number of benzene rings is 1. The molecule has 1 amide bonds. The Labute approximate surface area is 157 Å². The molecule has 1 aliphatic heterocycles. The second kappa shape index (κ2) is 8.65. The molecule has 0 bridgehead atoms. The van der Waals surface area contributed by atoms with Crippen LogP contribution in [0.4, 0.5) is 0 Å². The van der Waals surface area contributed by atoms with Gasteiger partial charge in [0.2, 0.25) is 0 Å². The molecule has 0 radical (unpaired) electrons. The zero-order valence-electron chi connectivity index (χ0n) is 14.3. The van der Waals surface area contributed by atoms with Crippen molar-refractivity contribution in [1.29, 1.82) is 0 Å². The minimum Gasteiger partial charge on any atom is -0.452 e. The summed E-state index contributed by atoms with van der Waals surface area (Å²) >= 11 is 3.39. The summed E-state index contributed by atoms with van der Waals surface area (Å²) < 4.78 is 6.11. The molecular formula is C20H24BrNO3. The highest BCUT2D eigenvalue weighted by Crippen LogP contribution is 2.35. The van der Waals surface area contributed by atoms with Crippen LogP contribution in [0.2, 0.25) is 0 Å². The van der Waals surface area contributed by atoms with Crippen LogP contribution in [-0.2, 0) is 14.3 Å². The topological polar surface area (TPSA) is 46.6 Å². The molecular weight excluding hydrogens is 382 g/mol. The molecule has 3 rings (SSSR count). The SMILES string of the molecule is O=C(/C=C/c1cccc(Br)c1)OCC(=O)N1CCC[C@@H]2CCCC[C@H]21. The second-order valence-corrected chi connectivity index (χ2v) is 7.75. The molecule has 2 aliphatic rings. The molecule has 0 spiro atoms. The molecule has 5 heteroatoms. The normalized spacial score (nSPS) is 23.3. The lowest BCUT2D eigenvalue weighted by Gasteiger charge is -2.44. The van der Waals surface area contributed by atoms with Gasteiger partial charge in [0.05, 0.1) is 0 Å². The van der Waals surface area contributed by atoms with Gasteiger partial charge < -0.3 is 9.64 Å². The van der Waals surface area contributed by atoms with Gasteiger partial charge in [-0.1, -0.05) is 40.9 Å². The van der Waals surface area contributed by atoms with Crippen molar-refractivity contribution in [3.63, 3.8) is 0 Å². The number of hydrogen-bond acceptors (Lipinski definition) is 3. The first-order valence-electron chi connectivity index (χ1n) is 9.03. The highest BCUT2D eigenvalue weighted by molar-refractivity contribution is 9.10. The third kappa shape index (κ3) is 4.94. The number of amides is 1. The number of nitrogens with zero attached hydrogens (tertiary/aromatic N) is 1. The highest BCUT2D eigenvalue weighted by Gasteiger charge is 2.35. The molecule has 1 aliphatic carbocycles. The molecule has 0 unspecified atom stereocenters. The van der Waals surface area contributed by atoms with E-state index >= 15 is 0 Å². The predicted molar refractivity (Wildman–Crippen MR) is 101 cm³/mol. The number of esters is 1. The van der Waals surface area contributed by atoms with Crippen LogP contribution >= 0.6 is 15.9 Å². The number of carbonyl (C=O) groups excluding carboxylic acids is 2. The van der Waals surface area contributed by atoms with Gasteiger partial charge in [0.15, 0.2) is 6.61 Å². The van der Waals surface area contributed by atoms with E-state index < -0.39 is 5.97 Å². The van der Waals surface area contributed by atoms with Gasteiger partial charge in [-0.2, -0.15) is 0 Å². The van der Waals surface area contributed by atoms with Crippen molar-refractivity contribution in [2.45, 2.75) is 44.6 Å². The average molecular weight is 406 g/mol. The van der Waals surface area contributed by atoms with E-state index in [9.17, 15) is 9.59 Å².